The molecule has 0 aliphatic carbocycles. The molecule has 66 valence electrons. The third-order valence-corrected chi connectivity index (χ3v) is 1.99. The lowest BCUT2D eigenvalue weighted by molar-refractivity contribution is 0.439. The number of hydrogen-bond acceptors (Lipinski definition) is 3. The van der Waals surface area contributed by atoms with Gasteiger partial charge in [0.25, 0.3) is 0 Å². The Kier molecular flexibility index (Phi) is 2.76. The van der Waals surface area contributed by atoms with Gasteiger partial charge in [0.1, 0.15) is 5.82 Å². The van der Waals surface area contributed by atoms with E-state index in [2.05, 4.69) is 16.9 Å². The van der Waals surface area contributed by atoms with Crippen molar-refractivity contribution < 1.29 is 0 Å². The molecule has 0 radical (unpaired) electrons. The predicted molar refractivity (Wildman–Crippen MR) is 48.6 cm³/mol. The quantitative estimate of drug-likeness (QED) is 0.730. The average Bonchev–Trinajstić information content (AvgIpc) is 2.06. The molecule has 0 amide bonds. The second-order valence-electron chi connectivity index (χ2n) is 3.35. The Morgan fingerprint density at radius 1 is 1.42 bits per heavy atom. The monoisotopic (exact) mass is 165 g/mol. The zero-order valence-electron chi connectivity index (χ0n) is 7.62. The Balaban J connectivity index is 2.64. The molecule has 1 unspecified atom stereocenters. The van der Waals surface area contributed by atoms with Gasteiger partial charge in [0.15, 0.2) is 0 Å². The zero-order chi connectivity index (χ0) is 9.03. The van der Waals surface area contributed by atoms with E-state index in [1.165, 1.54) is 0 Å². The highest BCUT2D eigenvalue weighted by Gasteiger charge is 2.17. The van der Waals surface area contributed by atoms with Gasteiger partial charge in [0, 0.05) is 24.4 Å². The van der Waals surface area contributed by atoms with Crippen LogP contribution in [0.25, 0.3) is 0 Å². The first kappa shape index (κ1) is 9.13. The maximum Gasteiger partial charge on any atom is 0.130 e. The average molecular weight is 165 g/mol. The summed E-state index contributed by atoms with van der Waals surface area (Å²) >= 11 is 0. The molecule has 0 spiro atoms. The van der Waals surface area contributed by atoms with Crippen LogP contribution in [-0.2, 0) is 6.42 Å². The smallest absolute Gasteiger partial charge is 0.130 e. The summed E-state index contributed by atoms with van der Waals surface area (Å²) in [6, 6.07) is 1.81. The first-order valence-electron chi connectivity index (χ1n) is 4.19. The van der Waals surface area contributed by atoms with Crippen molar-refractivity contribution in [1.29, 1.82) is 0 Å². The van der Waals surface area contributed by atoms with Crippen LogP contribution in [0.1, 0.15) is 26.1 Å². The number of rotatable bonds is 3. The van der Waals surface area contributed by atoms with Gasteiger partial charge in [-0.1, -0.05) is 6.92 Å². The Labute approximate surface area is 73.0 Å². The lowest BCUT2D eigenvalue weighted by Crippen LogP contribution is -2.38. The van der Waals surface area contributed by atoms with E-state index in [1.54, 1.807) is 12.4 Å². The summed E-state index contributed by atoms with van der Waals surface area (Å²) in [6.45, 7) is 4.09. The molecule has 0 fully saturated rings. The van der Waals surface area contributed by atoms with E-state index in [0.717, 1.165) is 18.7 Å². The van der Waals surface area contributed by atoms with E-state index in [1.807, 2.05) is 13.0 Å². The third-order valence-electron chi connectivity index (χ3n) is 1.99. The minimum Gasteiger partial charge on any atom is -0.325 e. The fraction of sp³-hybridized carbons (Fsp3) is 0.556. The Hall–Kier alpha value is -0.960. The van der Waals surface area contributed by atoms with Crippen molar-refractivity contribution >= 4 is 0 Å². The molecule has 0 saturated carbocycles. The molecule has 1 rings (SSSR count). The van der Waals surface area contributed by atoms with E-state index in [4.69, 9.17) is 5.73 Å². The highest BCUT2D eigenvalue weighted by Crippen LogP contribution is 2.09. The molecule has 0 aliphatic heterocycles. The molecule has 1 atom stereocenters. The Bertz CT molecular complexity index is 231. The fourth-order valence-corrected chi connectivity index (χ4v) is 0.907. The molecule has 1 aromatic heterocycles. The summed E-state index contributed by atoms with van der Waals surface area (Å²) in [5, 5.41) is 0. The lowest BCUT2D eigenvalue weighted by Gasteiger charge is -2.20. The standard InChI is InChI=1S/C9H15N3/c1-3-9(2,10)7-8-11-5-4-6-12-8/h4-6H,3,7,10H2,1-2H3. The molecule has 0 bridgehead atoms. The maximum atomic E-state index is 5.97. The van der Waals surface area contributed by atoms with Crippen molar-refractivity contribution in [1.82, 2.24) is 9.97 Å². The van der Waals surface area contributed by atoms with Crippen LogP contribution in [0, 0.1) is 0 Å². The minimum absolute atomic E-state index is 0.179. The Morgan fingerprint density at radius 3 is 2.50 bits per heavy atom. The molecule has 0 aromatic carbocycles. The van der Waals surface area contributed by atoms with Gasteiger partial charge in [-0.3, -0.25) is 0 Å². The molecular weight excluding hydrogens is 150 g/mol. The van der Waals surface area contributed by atoms with E-state index < -0.39 is 0 Å². The lowest BCUT2D eigenvalue weighted by atomic mass is 9.96. The van der Waals surface area contributed by atoms with E-state index in [0.29, 0.717) is 0 Å². The first-order valence-corrected chi connectivity index (χ1v) is 4.19. The summed E-state index contributed by atoms with van der Waals surface area (Å²) < 4.78 is 0. The van der Waals surface area contributed by atoms with E-state index in [9.17, 15) is 0 Å². The summed E-state index contributed by atoms with van der Waals surface area (Å²) in [5.74, 6) is 0.823. The third kappa shape index (κ3) is 2.58. The normalized spacial score (nSPS) is 15.6. The van der Waals surface area contributed by atoms with Gasteiger partial charge in [-0.15, -0.1) is 0 Å². The first-order chi connectivity index (χ1) is 5.64. The van der Waals surface area contributed by atoms with Crippen molar-refractivity contribution in [3.63, 3.8) is 0 Å². The van der Waals surface area contributed by atoms with E-state index in [-0.39, 0.29) is 5.54 Å². The van der Waals surface area contributed by atoms with Crippen molar-refractivity contribution in [3.8, 4) is 0 Å². The van der Waals surface area contributed by atoms with Gasteiger partial charge >= 0.3 is 0 Å². The Morgan fingerprint density at radius 2 is 2.00 bits per heavy atom. The van der Waals surface area contributed by atoms with Crippen LogP contribution >= 0.6 is 0 Å². The molecule has 3 nitrogen and oxygen atoms in total. The van der Waals surface area contributed by atoms with Gasteiger partial charge in [0.2, 0.25) is 0 Å². The molecule has 3 heteroatoms. The minimum atomic E-state index is -0.179. The largest absolute Gasteiger partial charge is 0.325 e. The molecule has 2 N–H and O–H groups in total. The second kappa shape index (κ2) is 3.63. The van der Waals surface area contributed by atoms with Gasteiger partial charge < -0.3 is 5.73 Å². The van der Waals surface area contributed by atoms with Crippen LogP contribution < -0.4 is 5.73 Å². The van der Waals surface area contributed by atoms with Crippen molar-refractivity contribution in [2.75, 3.05) is 0 Å². The van der Waals surface area contributed by atoms with Crippen LogP contribution in [0.3, 0.4) is 0 Å². The summed E-state index contributed by atoms with van der Waals surface area (Å²) in [6.07, 6.45) is 5.16. The SMILES string of the molecule is CCC(C)(N)Cc1ncccn1. The number of nitrogens with zero attached hydrogens (tertiary/aromatic N) is 2. The highest BCUT2D eigenvalue weighted by atomic mass is 14.9. The molecule has 0 saturated heterocycles. The predicted octanol–water partition coefficient (Wildman–Crippen LogP) is 1.15. The fourth-order valence-electron chi connectivity index (χ4n) is 0.907. The molecule has 1 heterocycles. The summed E-state index contributed by atoms with van der Waals surface area (Å²) in [4.78, 5) is 8.24. The topological polar surface area (TPSA) is 51.8 Å². The van der Waals surface area contributed by atoms with Gasteiger partial charge in [-0.05, 0) is 19.4 Å². The number of hydrogen-bond donors (Lipinski definition) is 1. The van der Waals surface area contributed by atoms with Gasteiger partial charge in [0.05, 0.1) is 0 Å². The molecule has 1 aromatic rings. The summed E-state index contributed by atoms with van der Waals surface area (Å²) in [7, 11) is 0. The molecule has 12 heavy (non-hydrogen) atoms. The zero-order valence-corrected chi connectivity index (χ0v) is 7.62. The highest BCUT2D eigenvalue weighted by molar-refractivity contribution is 4.95. The van der Waals surface area contributed by atoms with Gasteiger partial charge in [-0.2, -0.15) is 0 Å². The number of nitrogens with two attached hydrogens (primary N) is 1. The molecular formula is C9H15N3. The summed E-state index contributed by atoms with van der Waals surface area (Å²) in [5.41, 5.74) is 5.79. The van der Waals surface area contributed by atoms with E-state index >= 15 is 0 Å². The van der Waals surface area contributed by atoms with Crippen LogP contribution in [0.4, 0.5) is 0 Å². The van der Waals surface area contributed by atoms with Crippen molar-refractivity contribution in [3.05, 3.63) is 24.3 Å². The number of aromatic nitrogens is 2. The van der Waals surface area contributed by atoms with Crippen molar-refractivity contribution in [2.45, 2.75) is 32.2 Å². The van der Waals surface area contributed by atoms with Crippen LogP contribution in [0.15, 0.2) is 18.5 Å². The maximum absolute atomic E-state index is 5.97. The van der Waals surface area contributed by atoms with Crippen LogP contribution in [-0.4, -0.2) is 15.5 Å². The van der Waals surface area contributed by atoms with Crippen LogP contribution in [0.5, 0.6) is 0 Å². The van der Waals surface area contributed by atoms with Crippen molar-refractivity contribution in [2.24, 2.45) is 5.73 Å². The molecule has 0 aliphatic rings. The second-order valence-corrected chi connectivity index (χ2v) is 3.35. The van der Waals surface area contributed by atoms with Gasteiger partial charge in [-0.25, -0.2) is 9.97 Å². The van der Waals surface area contributed by atoms with Crippen LogP contribution in [0.2, 0.25) is 0 Å².